The van der Waals surface area contributed by atoms with Crippen LogP contribution in [0.25, 0.3) is 0 Å². The van der Waals surface area contributed by atoms with Gasteiger partial charge in [0.25, 0.3) is 5.91 Å². The molecule has 26 heavy (non-hydrogen) atoms. The summed E-state index contributed by atoms with van der Waals surface area (Å²) in [5.41, 5.74) is 1.21. The van der Waals surface area contributed by atoms with Crippen LogP contribution in [0.15, 0.2) is 28.8 Å². The number of carbonyl (C=O) groups is 2. The largest absolute Gasteiger partial charge is 0.454 e. The molecule has 0 unspecified atom stereocenters. The van der Waals surface area contributed by atoms with Gasteiger partial charge in [-0.1, -0.05) is 11.2 Å². The Kier molecular flexibility index (Phi) is 4.24. The Bertz CT molecular complexity index is 847. The summed E-state index contributed by atoms with van der Waals surface area (Å²) in [7, 11) is 0. The summed E-state index contributed by atoms with van der Waals surface area (Å²) >= 11 is 0. The topological polar surface area (TPSA) is 85.1 Å². The summed E-state index contributed by atoms with van der Waals surface area (Å²) in [5, 5.41) is 6.72. The van der Waals surface area contributed by atoms with E-state index in [4.69, 9.17) is 14.0 Å². The Morgan fingerprint density at radius 3 is 2.73 bits per heavy atom. The average Bonchev–Trinajstić information content (AvgIpc) is 3.38. The van der Waals surface area contributed by atoms with Crippen LogP contribution in [0.4, 0.5) is 0 Å². The number of benzene rings is 1. The van der Waals surface area contributed by atoms with Crippen LogP contribution in [-0.2, 0) is 11.2 Å². The Morgan fingerprint density at radius 1 is 1.12 bits per heavy atom. The second-order valence-corrected chi connectivity index (χ2v) is 6.31. The van der Waals surface area contributed by atoms with E-state index >= 15 is 0 Å². The first-order valence-electron chi connectivity index (χ1n) is 8.56. The summed E-state index contributed by atoms with van der Waals surface area (Å²) in [6, 6.07) is 7.24. The maximum Gasteiger partial charge on any atom is 0.294 e. The van der Waals surface area contributed by atoms with Crippen molar-refractivity contribution in [1.82, 2.24) is 15.2 Å². The quantitative estimate of drug-likeness (QED) is 0.831. The molecule has 1 aromatic carbocycles. The molecule has 1 fully saturated rings. The zero-order valence-electron chi connectivity index (χ0n) is 14.4. The van der Waals surface area contributed by atoms with Gasteiger partial charge in [-0.25, -0.2) is 5.01 Å². The van der Waals surface area contributed by atoms with Gasteiger partial charge in [-0.05, 0) is 37.5 Å². The SMILES string of the molecule is Cc1cc(C(=O)N2CCCN2C(=O)CCc2ccc3c(c2)OCO3)no1. The lowest BCUT2D eigenvalue weighted by atomic mass is 10.1. The normalized spacial score (nSPS) is 15.6. The van der Waals surface area contributed by atoms with Crippen LogP contribution in [0, 0.1) is 6.92 Å². The van der Waals surface area contributed by atoms with Gasteiger partial charge < -0.3 is 14.0 Å². The zero-order chi connectivity index (χ0) is 18.1. The molecule has 136 valence electrons. The number of amides is 2. The second-order valence-electron chi connectivity index (χ2n) is 6.31. The van der Waals surface area contributed by atoms with E-state index in [0.29, 0.717) is 37.4 Å². The van der Waals surface area contributed by atoms with Crippen molar-refractivity contribution in [2.45, 2.75) is 26.2 Å². The average molecular weight is 357 g/mol. The predicted molar refractivity (Wildman–Crippen MR) is 89.5 cm³/mol. The number of hydrazine groups is 1. The number of aryl methyl sites for hydroxylation is 2. The van der Waals surface area contributed by atoms with Gasteiger partial charge in [0.1, 0.15) is 5.76 Å². The second kappa shape index (κ2) is 6.70. The Morgan fingerprint density at radius 2 is 1.92 bits per heavy atom. The molecule has 1 saturated heterocycles. The predicted octanol–water partition coefficient (Wildman–Crippen LogP) is 1.93. The molecular weight excluding hydrogens is 338 g/mol. The zero-order valence-corrected chi connectivity index (χ0v) is 14.4. The molecule has 0 atom stereocenters. The monoisotopic (exact) mass is 357 g/mol. The molecule has 2 aliphatic heterocycles. The number of aromatic nitrogens is 1. The molecule has 1 aromatic heterocycles. The molecule has 4 rings (SSSR count). The highest BCUT2D eigenvalue weighted by atomic mass is 16.7. The number of rotatable bonds is 4. The van der Waals surface area contributed by atoms with Crippen LogP contribution in [0.3, 0.4) is 0 Å². The van der Waals surface area contributed by atoms with Crippen LogP contribution in [-0.4, -0.2) is 46.9 Å². The number of carbonyl (C=O) groups excluding carboxylic acids is 2. The maximum absolute atomic E-state index is 12.6. The molecule has 8 nitrogen and oxygen atoms in total. The lowest BCUT2D eigenvalue weighted by Crippen LogP contribution is -2.45. The Balaban J connectivity index is 1.39. The minimum absolute atomic E-state index is 0.0891. The van der Waals surface area contributed by atoms with Gasteiger partial charge in [0, 0.05) is 25.6 Å². The van der Waals surface area contributed by atoms with E-state index in [0.717, 1.165) is 17.7 Å². The molecule has 2 aromatic rings. The van der Waals surface area contributed by atoms with Crippen LogP contribution in [0.2, 0.25) is 0 Å². The van der Waals surface area contributed by atoms with Gasteiger partial charge in [0.2, 0.25) is 12.7 Å². The number of nitrogens with zero attached hydrogens (tertiary/aromatic N) is 3. The number of ether oxygens (including phenoxy) is 2. The molecule has 0 aliphatic carbocycles. The third-order valence-corrected chi connectivity index (χ3v) is 4.47. The smallest absolute Gasteiger partial charge is 0.294 e. The van der Waals surface area contributed by atoms with E-state index in [9.17, 15) is 9.59 Å². The van der Waals surface area contributed by atoms with Crippen molar-refractivity contribution in [3.63, 3.8) is 0 Å². The number of hydrogen-bond acceptors (Lipinski definition) is 6. The van der Waals surface area contributed by atoms with Crippen LogP contribution >= 0.6 is 0 Å². The fourth-order valence-corrected chi connectivity index (χ4v) is 3.16. The van der Waals surface area contributed by atoms with Gasteiger partial charge >= 0.3 is 0 Å². The summed E-state index contributed by atoms with van der Waals surface area (Å²) in [4.78, 5) is 25.2. The minimum atomic E-state index is -0.309. The molecule has 0 spiro atoms. The van der Waals surface area contributed by atoms with Crippen molar-refractivity contribution < 1.29 is 23.6 Å². The Labute approximate surface area is 150 Å². The van der Waals surface area contributed by atoms with Gasteiger partial charge in [0.15, 0.2) is 17.2 Å². The fourth-order valence-electron chi connectivity index (χ4n) is 3.16. The summed E-state index contributed by atoms with van der Waals surface area (Å²) in [6.07, 6.45) is 1.62. The molecule has 2 aliphatic rings. The maximum atomic E-state index is 12.6. The molecule has 0 N–H and O–H groups in total. The number of hydrogen-bond donors (Lipinski definition) is 0. The van der Waals surface area contributed by atoms with Crippen molar-refractivity contribution in [2.24, 2.45) is 0 Å². The third kappa shape index (κ3) is 3.10. The first-order valence-corrected chi connectivity index (χ1v) is 8.56. The van der Waals surface area contributed by atoms with Gasteiger partial charge in [-0.3, -0.25) is 14.6 Å². The van der Waals surface area contributed by atoms with Crippen molar-refractivity contribution in [3.8, 4) is 11.5 Å². The number of fused-ring (bicyclic) bond motifs is 1. The van der Waals surface area contributed by atoms with E-state index in [1.165, 1.54) is 10.0 Å². The lowest BCUT2D eigenvalue weighted by molar-refractivity contribution is -0.140. The summed E-state index contributed by atoms with van der Waals surface area (Å²) in [6.45, 7) is 2.98. The van der Waals surface area contributed by atoms with Gasteiger partial charge in [0.05, 0.1) is 0 Å². The first kappa shape index (κ1) is 16.4. The summed E-state index contributed by atoms with van der Waals surface area (Å²) < 4.78 is 15.6. The standard InChI is InChI=1S/C18H19N3O5/c1-12-9-14(19-26-12)18(23)21-8-2-7-20(21)17(22)6-4-13-3-5-15-16(10-13)25-11-24-15/h3,5,9-10H,2,4,6-8,11H2,1H3. The minimum Gasteiger partial charge on any atom is -0.454 e. The highest BCUT2D eigenvalue weighted by Crippen LogP contribution is 2.32. The van der Waals surface area contributed by atoms with Gasteiger partial charge in [-0.15, -0.1) is 0 Å². The molecule has 0 saturated carbocycles. The van der Waals surface area contributed by atoms with Gasteiger partial charge in [-0.2, -0.15) is 0 Å². The van der Waals surface area contributed by atoms with Crippen LogP contribution < -0.4 is 9.47 Å². The van der Waals surface area contributed by atoms with E-state index in [2.05, 4.69) is 5.16 Å². The van der Waals surface area contributed by atoms with Crippen molar-refractivity contribution in [2.75, 3.05) is 19.9 Å². The molecule has 0 bridgehead atoms. The van der Waals surface area contributed by atoms with E-state index in [1.807, 2.05) is 18.2 Å². The highest BCUT2D eigenvalue weighted by Gasteiger charge is 2.32. The molecular formula is C18H19N3O5. The van der Waals surface area contributed by atoms with E-state index < -0.39 is 0 Å². The molecule has 3 heterocycles. The fraction of sp³-hybridized carbons (Fsp3) is 0.389. The van der Waals surface area contributed by atoms with Crippen molar-refractivity contribution in [3.05, 3.63) is 41.3 Å². The Hall–Kier alpha value is -3.03. The lowest BCUT2D eigenvalue weighted by Gasteiger charge is -2.27. The third-order valence-electron chi connectivity index (χ3n) is 4.47. The van der Waals surface area contributed by atoms with Crippen molar-refractivity contribution >= 4 is 11.8 Å². The first-order chi connectivity index (χ1) is 12.6. The van der Waals surface area contributed by atoms with Crippen LogP contribution in [0.1, 0.15) is 34.7 Å². The van der Waals surface area contributed by atoms with Crippen LogP contribution in [0.5, 0.6) is 11.5 Å². The van der Waals surface area contributed by atoms with E-state index in [1.54, 1.807) is 13.0 Å². The molecule has 8 heteroatoms. The summed E-state index contributed by atoms with van der Waals surface area (Å²) in [5.74, 6) is 1.59. The molecule has 2 amide bonds. The van der Waals surface area contributed by atoms with Crippen molar-refractivity contribution in [1.29, 1.82) is 0 Å². The highest BCUT2D eigenvalue weighted by molar-refractivity contribution is 5.94. The van der Waals surface area contributed by atoms with E-state index in [-0.39, 0.29) is 24.3 Å². The molecule has 0 radical (unpaired) electrons.